The van der Waals surface area contributed by atoms with Crippen molar-refractivity contribution in [3.05, 3.63) is 23.8 Å². The van der Waals surface area contributed by atoms with E-state index in [1.165, 1.54) is 28.4 Å². The summed E-state index contributed by atoms with van der Waals surface area (Å²) in [5, 5.41) is 9.87. The van der Waals surface area contributed by atoms with E-state index in [9.17, 15) is 18.3 Å². The van der Waals surface area contributed by atoms with Crippen LogP contribution in [0.3, 0.4) is 0 Å². The number of carbonyl (C=O) groups is 1. The monoisotopic (exact) mass is 314 g/mol. The molecule has 0 aromatic heterocycles. The average molecular weight is 314 g/mol. The molecule has 1 N–H and O–H groups in total. The van der Waals surface area contributed by atoms with E-state index in [4.69, 9.17) is 4.74 Å². The molecule has 1 aromatic carbocycles. The van der Waals surface area contributed by atoms with Crippen LogP contribution in [0.2, 0.25) is 0 Å². The third kappa shape index (κ3) is 3.45. The van der Waals surface area contributed by atoms with E-state index < -0.39 is 10.0 Å². The lowest BCUT2D eigenvalue weighted by atomic mass is 10.1. The van der Waals surface area contributed by atoms with Crippen LogP contribution < -0.4 is 4.74 Å². The topological polar surface area (TPSA) is 87.2 Å². The SMILES string of the molecule is COc1ccc(C(=O)N2CCN(S(C)(=O)=O)CC2)c(O)c1. The molecule has 0 unspecified atom stereocenters. The summed E-state index contributed by atoms with van der Waals surface area (Å²) in [5.41, 5.74) is 0.184. The number of piperazine rings is 1. The van der Waals surface area contributed by atoms with Gasteiger partial charge >= 0.3 is 0 Å². The molecule has 0 bridgehead atoms. The van der Waals surface area contributed by atoms with Gasteiger partial charge in [0, 0.05) is 32.2 Å². The second-order valence-corrected chi connectivity index (χ2v) is 6.82. The average Bonchev–Trinajstić information content (AvgIpc) is 2.45. The Kier molecular flexibility index (Phi) is 4.38. The van der Waals surface area contributed by atoms with Crippen molar-refractivity contribution in [1.29, 1.82) is 0 Å². The lowest BCUT2D eigenvalue weighted by Gasteiger charge is -2.33. The van der Waals surface area contributed by atoms with Gasteiger partial charge in [0.2, 0.25) is 10.0 Å². The lowest BCUT2D eigenvalue weighted by molar-refractivity contribution is 0.0695. The Balaban J connectivity index is 2.09. The zero-order chi connectivity index (χ0) is 15.6. The van der Waals surface area contributed by atoms with E-state index in [1.54, 1.807) is 6.07 Å². The number of rotatable bonds is 3. The van der Waals surface area contributed by atoms with E-state index in [2.05, 4.69) is 0 Å². The number of phenols is 1. The minimum absolute atomic E-state index is 0.148. The van der Waals surface area contributed by atoms with Crippen molar-refractivity contribution >= 4 is 15.9 Å². The molecule has 2 rings (SSSR count). The van der Waals surface area contributed by atoms with Gasteiger partial charge in [0.25, 0.3) is 5.91 Å². The van der Waals surface area contributed by atoms with Gasteiger partial charge in [-0.15, -0.1) is 0 Å². The highest BCUT2D eigenvalue weighted by Gasteiger charge is 2.27. The normalized spacial score (nSPS) is 16.8. The summed E-state index contributed by atoms with van der Waals surface area (Å²) < 4.78 is 29.2. The van der Waals surface area contributed by atoms with Crippen molar-refractivity contribution < 1.29 is 23.1 Å². The smallest absolute Gasteiger partial charge is 0.257 e. The fraction of sp³-hybridized carbons (Fsp3) is 0.462. The van der Waals surface area contributed by atoms with Crippen LogP contribution in [-0.4, -0.2) is 68.2 Å². The molecule has 1 aromatic rings. The van der Waals surface area contributed by atoms with Crippen LogP contribution in [-0.2, 0) is 10.0 Å². The molecule has 0 radical (unpaired) electrons. The molecule has 1 fully saturated rings. The minimum Gasteiger partial charge on any atom is -0.507 e. The summed E-state index contributed by atoms with van der Waals surface area (Å²) in [6, 6.07) is 4.47. The fourth-order valence-corrected chi connectivity index (χ4v) is 3.04. The first-order chi connectivity index (χ1) is 9.82. The summed E-state index contributed by atoms with van der Waals surface area (Å²) in [6.07, 6.45) is 1.15. The first-order valence-corrected chi connectivity index (χ1v) is 8.29. The van der Waals surface area contributed by atoms with Gasteiger partial charge in [0.15, 0.2) is 0 Å². The second-order valence-electron chi connectivity index (χ2n) is 4.84. The Hall–Kier alpha value is -1.80. The molecular formula is C13H18N2O5S. The lowest BCUT2D eigenvalue weighted by Crippen LogP contribution is -2.50. The molecule has 0 atom stereocenters. The number of hydrogen-bond donors (Lipinski definition) is 1. The predicted octanol–water partition coefficient (Wildman–Crippen LogP) is 0.118. The van der Waals surface area contributed by atoms with Gasteiger partial charge < -0.3 is 14.7 Å². The standard InChI is InChI=1S/C13H18N2O5S/c1-20-10-3-4-11(12(16)9-10)13(17)14-5-7-15(8-6-14)21(2,18)19/h3-4,9,16H,5-8H2,1-2H3. The van der Waals surface area contributed by atoms with Crippen molar-refractivity contribution in [1.82, 2.24) is 9.21 Å². The third-order valence-electron chi connectivity index (χ3n) is 3.43. The number of hydrogen-bond acceptors (Lipinski definition) is 5. The number of phenolic OH excluding ortho intramolecular Hbond substituents is 1. The number of nitrogens with zero attached hydrogens (tertiary/aromatic N) is 2. The molecule has 8 heteroatoms. The van der Waals surface area contributed by atoms with Crippen LogP contribution in [0.5, 0.6) is 11.5 Å². The van der Waals surface area contributed by atoms with Gasteiger partial charge in [-0.1, -0.05) is 0 Å². The van der Waals surface area contributed by atoms with Gasteiger partial charge in [0.05, 0.1) is 18.9 Å². The number of benzene rings is 1. The third-order valence-corrected chi connectivity index (χ3v) is 4.73. The van der Waals surface area contributed by atoms with Gasteiger partial charge in [-0.3, -0.25) is 4.79 Å². The maximum atomic E-state index is 12.3. The second kappa shape index (κ2) is 5.90. The molecule has 21 heavy (non-hydrogen) atoms. The number of methoxy groups -OCH3 is 1. The highest BCUT2D eigenvalue weighted by molar-refractivity contribution is 7.88. The summed E-state index contributed by atoms with van der Waals surface area (Å²) in [4.78, 5) is 13.9. The molecule has 116 valence electrons. The largest absolute Gasteiger partial charge is 0.507 e. The molecule has 1 saturated heterocycles. The zero-order valence-electron chi connectivity index (χ0n) is 11.9. The predicted molar refractivity (Wildman–Crippen MR) is 77.0 cm³/mol. The molecule has 7 nitrogen and oxygen atoms in total. The minimum atomic E-state index is -3.23. The van der Waals surface area contributed by atoms with E-state index in [1.807, 2.05) is 0 Å². The van der Waals surface area contributed by atoms with Crippen LogP contribution in [0.25, 0.3) is 0 Å². The number of ether oxygens (including phenoxy) is 1. The molecule has 0 aliphatic carbocycles. The molecule has 1 heterocycles. The summed E-state index contributed by atoms with van der Waals surface area (Å²) in [5.74, 6) is -0.000794. The van der Waals surface area contributed by atoms with Crippen molar-refractivity contribution in [2.24, 2.45) is 0 Å². The maximum Gasteiger partial charge on any atom is 0.257 e. The molecule has 0 saturated carbocycles. The summed E-state index contributed by atoms with van der Waals surface area (Å²) in [7, 11) is -1.75. The highest BCUT2D eigenvalue weighted by Crippen LogP contribution is 2.25. The number of amides is 1. The Labute approximate surface area is 123 Å². The van der Waals surface area contributed by atoms with Crippen molar-refractivity contribution in [3.8, 4) is 11.5 Å². The molecule has 0 spiro atoms. The number of carbonyl (C=O) groups excluding carboxylic acids is 1. The van der Waals surface area contributed by atoms with E-state index >= 15 is 0 Å². The van der Waals surface area contributed by atoms with Crippen molar-refractivity contribution in [3.63, 3.8) is 0 Å². The zero-order valence-corrected chi connectivity index (χ0v) is 12.8. The van der Waals surface area contributed by atoms with E-state index in [0.29, 0.717) is 18.8 Å². The van der Waals surface area contributed by atoms with Gasteiger partial charge in [-0.05, 0) is 12.1 Å². The van der Waals surface area contributed by atoms with Crippen molar-refractivity contribution in [2.75, 3.05) is 39.5 Å². The van der Waals surface area contributed by atoms with Gasteiger partial charge in [0.1, 0.15) is 11.5 Å². The Bertz CT molecular complexity index is 636. The number of sulfonamides is 1. The molecule has 1 aliphatic heterocycles. The van der Waals surface area contributed by atoms with Crippen LogP contribution in [0, 0.1) is 0 Å². The first kappa shape index (κ1) is 15.6. The first-order valence-electron chi connectivity index (χ1n) is 6.44. The van der Waals surface area contributed by atoms with E-state index in [0.717, 1.165) is 6.26 Å². The van der Waals surface area contributed by atoms with Crippen LogP contribution in [0.4, 0.5) is 0 Å². The quantitative estimate of drug-likeness (QED) is 0.856. The summed E-state index contributed by atoms with van der Waals surface area (Å²) >= 11 is 0. The highest BCUT2D eigenvalue weighted by atomic mass is 32.2. The van der Waals surface area contributed by atoms with E-state index in [-0.39, 0.29) is 30.3 Å². The van der Waals surface area contributed by atoms with Gasteiger partial charge in [-0.25, -0.2) is 8.42 Å². The fourth-order valence-electron chi connectivity index (χ4n) is 2.21. The summed E-state index contributed by atoms with van der Waals surface area (Å²) in [6.45, 7) is 1.14. The van der Waals surface area contributed by atoms with Crippen LogP contribution >= 0.6 is 0 Å². The van der Waals surface area contributed by atoms with Gasteiger partial charge in [-0.2, -0.15) is 4.31 Å². The molecule has 1 aliphatic rings. The Morgan fingerprint density at radius 3 is 2.33 bits per heavy atom. The van der Waals surface area contributed by atoms with Crippen LogP contribution in [0.15, 0.2) is 18.2 Å². The molecule has 1 amide bonds. The van der Waals surface area contributed by atoms with Crippen LogP contribution in [0.1, 0.15) is 10.4 Å². The maximum absolute atomic E-state index is 12.3. The number of aromatic hydroxyl groups is 1. The Morgan fingerprint density at radius 1 is 1.24 bits per heavy atom. The molecular weight excluding hydrogens is 296 g/mol. The van der Waals surface area contributed by atoms with Crippen molar-refractivity contribution in [2.45, 2.75) is 0 Å². The Morgan fingerprint density at radius 2 is 1.86 bits per heavy atom.